The first kappa shape index (κ1) is 13.6. The molecule has 1 aromatic rings. The van der Waals surface area contributed by atoms with Gasteiger partial charge in [-0.05, 0) is 45.1 Å². The molecule has 1 atom stereocenters. The Morgan fingerprint density at radius 3 is 2.69 bits per heavy atom. The Bertz CT molecular complexity index is 344. The van der Waals surface area contributed by atoms with Crippen LogP contribution in [0.3, 0.4) is 0 Å². The summed E-state index contributed by atoms with van der Waals surface area (Å²) < 4.78 is 14.6. The minimum atomic E-state index is -0.195. The summed E-state index contributed by atoms with van der Waals surface area (Å²) in [6.45, 7) is 0.139. The minimum absolute atomic E-state index is 0.00431. The lowest BCUT2D eigenvalue weighted by Gasteiger charge is -2.25. The SMILES string of the molecule is CN(C)C(CCCO)c1cc(Br)ccc1F. The smallest absolute Gasteiger partial charge is 0.128 e. The van der Waals surface area contributed by atoms with Gasteiger partial charge in [-0.15, -0.1) is 0 Å². The van der Waals surface area contributed by atoms with E-state index < -0.39 is 0 Å². The maximum Gasteiger partial charge on any atom is 0.128 e. The summed E-state index contributed by atoms with van der Waals surface area (Å²) in [5.74, 6) is -0.195. The Morgan fingerprint density at radius 2 is 2.12 bits per heavy atom. The van der Waals surface area contributed by atoms with Crippen molar-refractivity contribution >= 4 is 15.9 Å². The number of nitrogens with zero attached hydrogens (tertiary/aromatic N) is 1. The van der Waals surface area contributed by atoms with Gasteiger partial charge in [-0.1, -0.05) is 15.9 Å². The first-order valence-electron chi connectivity index (χ1n) is 5.28. The van der Waals surface area contributed by atoms with Crippen LogP contribution in [0.2, 0.25) is 0 Å². The Morgan fingerprint density at radius 1 is 1.44 bits per heavy atom. The van der Waals surface area contributed by atoms with Gasteiger partial charge in [-0.2, -0.15) is 0 Å². The fraction of sp³-hybridized carbons (Fsp3) is 0.500. The highest BCUT2D eigenvalue weighted by Crippen LogP contribution is 2.28. The summed E-state index contributed by atoms with van der Waals surface area (Å²) in [5.41, 5.74) is 0.674. The zero-order valence-electron chi connectivity index (χ0n) is 9.58. The van der Waals surface area contributed by atoms with Crippen LogP contribution in [0, 0.1) is 5.82 Å². The van der Waals surface area contributed by atoms with E-state index in [0.29, 0.717) is 12.0 Å². The third-order valence-corrected chi connectivity index (χ3v) is 3.07. The molecule has 1 unspecified atom stereocenters. The molecule has 0 heterocycles. The molecule has 0 bridgehead atoms. The lowest BCUT2D eigenvalue weighted by Crippen LogP contribution is -2.21. The maximum absolute atomic E-state index is 13.7. The molecule has 0 aromatic heterocycles. The van der Waals surface area contributed by atoms with E-state index >= 15 is 0 Å². The molecule has 0 fully saturated rings. The molecule has 0 aliphatic carbocycles. The van der Waals surface area contributed by atoms with Gasteiger partial charge in [-0.3, -0.25) is 0 Å². The first-order valence-corrected chi connectivity index (χ1v) is 6.07. The Balaban J connectivity index is 2.95. The molecule has 0 aliphatic heterocycles. The number of hydrogen-bond acceptors (Lipinski definition) is 2. The molecule has 2 nitrogen and oxygen atoms in total. The van der Waals surface area contributed by atoms with Gasteiger partial charge in [0.2, 0.25) is 0 Å². The van der Waals surface area contributed by atoms with Crippen molar-refractivity contribution in [2.75, 3.05) is 20.7 Å². The van der Waals surface area contributed by atoms with Crippen molar-refractivity contribution in [2.24, 2.45) is 0 Å². The van der Waals surface area contributed by atoms with Crippen molar-refractivity contribution in [2.45, 2.75) is 18.9 Å². The molecular weight excluding hydrogens is 273 g/mol. The van der Waals surface area contributed by atoms with E-state index in [1.165, 1.54) is 6.07 Å². The van der Waals surface area contributed by atoms with Crippen LogP contribution >= 0.6 is 15.9 Å². The monoisotopic (exact) mass is 289 g/mol. The van der Waals surface area contributed by atoms with Gasteiger partial charge in [-0.25, -0.2) is 4.39 Å². The second-order valence-corrected chi connectivity index (χ2v) is 4.93. The van der Waals surface area contributed by atoms with Crippen LogP contribution in [-0.4, -0.2) is 30.7 Å². The summed E-state index contributed by atoms with van der Waals surface area (Å²) in [6.07, 6.45) is 1.42. The normalized spacial score (nSPS) is 13.1. The zero-order chi connectivity index (χ0) is 12.1. The number of benzene rings is 1. The fourth-order valence-corrected chi connectivity index (χ4v) is 2.13. The van der Waals surface area contributed by atoms with E-state index in [0.717, 1.165) is 10.9 Å². The summed E-state index contributed by atoms with van der Waals surface area (Å²) in [6, 6.07) is 4.97. The molecule has 1 N–H and O–H groups in total. The van der Waals surface area contributed by atoms with Crippen LogP contribution in [0.15, 0.2) is 22.7 Å². The van der Waals surface area contributed by atoms with Crippen LogP contribution in [0.1, 0.15) is 24.4 Å². The van der Waals surface area contributed by atoms with E-state index in [4.69, 9.17) is 5.11 Å². The summed E-state index contributed by atoms with van der Waals surface area (Å²) in [7, 11) is 3.84. The first-order chi connectivity index (χ1) is 7.56. The third kappa shape index (κ3) is 3.54. The quantitative estimate of drug-likeness (QED) is 0.901. The molecule has 90 valence electrons. The van der Waals surface area contributed by atoms with E-state index in [9.17, 15) is 4.39 Å². The van der Waals surface area contributed by atoms with E-state index in [1.807, 2.05) is 19.0 Å². The highest BCUT2D eigenvalue weighted by Gasteiger charge is 2.17. The Kier molecular flexibility index (Phi) is 5.38. The maximum atomic E-state index is 13.7. The van der Waals surface area contributed by atoms with Gasteiger partial charge >= 0.3 is 0 Å². The van der Waals surface area contributed by atoms with Crippen molar-refractivity contribution in [3.8, 4) is 0 Å². The van der Waals surface area contributed by atoms with Crippen LogP contribution in [0.25, 0.3) is 0 Å². The lowest BCUT2D eigenvalue weighted by molar-refractivity contribution is 0.232. The van der Waals surface area contributed by atoms with Crippen molar-refractivity contribution in [3.63, 3.8) is 0 Å². The number of halogens is 2. The number of hydrogen-bond donors (Lipinski definition) is 1. The Hall–Kier alpha value is -0.450. The second kappa shape index (κ2) is 6.33. The molecule has 1 rings (SSSR count). The molecule has 0 radical (unpaired) electrons. The van der Waals surface area contributed by atoms with Crippen molar-refractivity contribution in [1.82, 2.24) is 4.90 Å². The Labute approximate surface area is 104 Å². The van der Waals surface area contributed by atoms with E-state index in [1.54, 1.807) is 12.1 Å². The molecule has 4 heteroatoms. The fourth-order valence-electron chi connectivity index (χ4n) is 1.75. The van der Waals surface area contributed by atoms with Crippen molar-refractivity contribution < 1.29 is 9.50 Å². The van der Waals surface area contributed by atoms with Gasteiger partial charge in [0.05, 0.1) is 0 Å². The largest absolute Gasteiger partial charge is 0.396 e. The average Bonchev–Trinajstić information content (AvgIpc) is 2.23. The van der Waals surface area contributed by atoms with Gasteiger partial charge in [0.1, 0.15) is 5.82 Å². The summed E-state index contributed by atoms with van der Waals surface area (Å²) >= 11 is 3.35. The minimum Gasteiger partial charge on any atom is -0.396 e. The van der Waals surface area contributed by atoms with E-state index in [-0.39, 0.29) is 18.5 Å². The number of aliphatic hydroxyl groups excluding tert-OH is 1. The average molecular weight is 290 g/mol. The van der Waals surface area contributed by atoms with Crippen LogP contribution in [0.5, 0.6) is 0 Å². The topological polar surface area (TPSA) is 23.5 Å². The van der Waals surface area contributed by atoms with Gasteiger partial charge < -0.3 is 10.0 Å². The molecule has 0 saturated carbocycles. The highest BCUT2D eigenvalue weighted by atomic mass is 79.9. The van der Waals surface area contributed by atoms with Crippen molar-refractivity contribution in [3.05, 3.63) is 34.1 Å². The molecule has 0 saturated heterocycles. The van der Waals surface area contributed by atoms with Gasteiger partial charge in [0.15, 0.2) is 0 Å². The lowest BCUT2D eigenvalue weighted by atomic mass is 10.0. The predicted molar refractivity (Wildman–Crippen MR) is 66.8 cm³/mol. The van der Waals surface area contributed by atoms with Crippen molar-refractivity contribution in [1.29, 1.82) is 0 Å². The molecule has 0 amide bonds. The third-order valence-electron chi connectivity index (χ3n) is 2.58. The zero-order valence-corrected chi connectivity index (χ0v) is 11.2. The second-order valence-electron chi connectivity index (χ2n) is 4.01. The molecule has 16 heavy (non-hydrogen) atoms. The predicted octanol–water partition coefficient (Wildman–Crippen LogP) is 2.96. The van der Waals surface area contributed by atoms with Crippen LogP contribution in [-0.2, 0) is 0 Å². The molecule has 1 aromatic carbocycles. The van der Waals surface area contributed by atoms with E-state index in [2.05, 4.69) is 15.9 Å². The molecule has 0 aliphatic rings. The number of rotatable bonds is 5. The molecular formula is C12H17BrFNO. The summed E-state index contributed by atoms with van der Waals surface area (Å²) in [4.78, 5) is 1.97. The standard InChI is InChI=1S/C12H17BrFNO/c1-15(2)12(4-3-7-16)10-8-9(13)5-6-11(10)14/h5-6,8,12,16H,3-4,7H2,1-2H3. The molecule has 0 spiro atoms. The number of aliphatic hydroxyl groups is 1. The van der Waals surface area contributed by atoms with Crippen LogP contribution < -0.4 is 0 Å². The van der Waals surface area contributed by atoms with Crippen LogP contribution in [0.4, 0.5) is 4.39 Å². The van der Waals surface area contributed by atoms with Gasteiger partial charge in [0.25, 0.3) is 0 Å². The highest BCUT2D eigenvalue weighted by molar-refractivity contribution is 9.10. The van der Waals surface area contributed by atoms with Gasteiger partial charge in [0, 0.05) is 22.7 Å². The summed E-state index contributed by atoms with van der Waals surface area (Å²) in [5, 5.41) is 8.85.